The Hall–Kier alpha value is -0.930. The fraction of sp³-hybridized carbons (Fsp3) is 0.533. The molecule has 1 aromatic carbocycles. The van der Waals surface area contributed by atoms with Crippen molar-refractivity contribution in [2.75, 3.05) is 20.2 Å². The van der Waals surface area contributed by atoms with E-state index >= 15 is 0 Å². The Morgan fingerprint density at radius 2 is 2.10 bits per heavy atom. The van der Waals surface area contributed by atoms with Gasteiger partial charge in [-0.15, -0.1) is 23.2 Å². The molecule has 0 N–H and O–H groups in total. The molecule has 110 valence electrons. The lowest BCUT2D eigenvalue weighted by atomic mass is 10.1. The first-order valence-electron chi connectivity index (χ1n) is 6.59. The zero-order valence-corrected chi connectivity index (χ0v) is 13.5. The number of halogens is 2. The number of ether oxygens (including phenoxy) is 1. The maximum atomic E-state index is 12.2. The third kappa shape index (κ3) is 3.04. The van der Waals surface area contributed by atoms with Crippen LogP contribution in [0.4, 0.5) is 0 Å². The fourth-order valence-corrected chi connectivity index (χ4v) is 2.86. The minimum Gasteiger partial charge on any atom is -0.492 e. The van der Waals surface area contributed by atoms with Gasteiger partial charge in [-0.1, -0.05) is 12.1 Å². The highest BCUT2D eigenvalue weighted by Crippen LogP contribution is 2.64. The third-order valence-electron chi connectivity index (χ3n) is 3.76. The molecule has 0 aromatic heterocycles. The van der Waals surface area contributed by atoms with Crippen molar-refractivity contribution in [2.24, 2.45) is 5.41 Å². The molecule has 0 bridgehead atoms. The second-order valence-corrected chi connectivity index (χ2v) is 7.09. The number of aryl methyl sites for hydroxylation is 1. The topological polar surface area (TPSA) is 29.5 Å². The maximum absolute atomic E-state index is 12.2. The molecular formula is C15H19Cl2NO2. The second-order valence-electron chi connectivity index (χ2n) is 5.61. The molecule has 1 atom stereocenters. The first-order chi connectivity index (χ1) is 9.26. The maximum Gasteiger partial charge on any atom is 0.231 e. The number of alkyl halides is 2. The van der Waals surface area contributed by atoms with Crippen molar-refractivity contribution in [3.05, 3.63) is 29.8 Å². The summed E-state index contributed by atoms with van der Waals surface area (Å²) in [4.78, 5) is 13.9. The molecule has 2 rings (SSSR count). The van der Waals surface area contributed by atoms with Crippen molar-refractivity contribution < 1.29 is 9.53 Å². The van der Waals surface area contributed by atoms with Gasteiger partial charge in [0.1, 0.15) is 16.7 Å². The summed E-state index contributed by atoms with van der Waals surface area (Å²) in [5.41, 5.74) is 0.486. The Bertz CT molecular complexity index is 518. The van der Waals surface area contributed by atoms with Gasteiger partial charge in [0.25, 0.3) is 0 Å². The predicted molar refractivity (Wildman–Crippen MR) is 81.5 cm³/mol. The van der Waals surface area contributed by atoms with Crippen LogP contribution in [-0.4, -0.2) is 35.3 Å². The molecule has 0 heterocycles. The van der Waals surface area contributed by atoms with Crippen LogP contribution in [-0.2, 0) is 4.79 Å². The summed E-state index contributed by atoms with van der Waals surface area (Å²) in [6.45, 7) is 4.76. The average molecular weight is 316 g/mol. The third-order valence-corrected chi connectivity index (χ3v) is 4.86. The molecule has 5 heteroatoms. The fourth-order valence-electron chi connectivity index (χ4n) is 2.16. The van der Waals surface area contributed by atoms with E-state index in [4.69, 9.17) is 27.9 Å². The standard InChI is InChI=1S/C15H19Cl2NO2/c1-11-5-4-6-12(9-11)20-8-7-18(3)13(19)14(2)10-15(14,16)17/h4-6,9H,7-8,10H2,1-3H3. The van der Waals surface area contributed by atoms with Crippen molar-refractivity contribution >= 4 is 29.1 Å². The van der Waals surface area contributed by atoms with Gasteiger partial charge in [-0.2, -0.15) is 0 Å². The summed E-state index contributed by atoms with van der Waals surface area (Å²) in [6, 6.07) is 7.82. The van der Waals surface area contributed by atoms with Gasteiger partial charge in [-0.25, -0.2) is 0 Å². The first-order valence-corrected chi connectivity index (χ1v) is 7.35. The molecule has 0 spiro atoms. The Balaban J connectivity index is 1.81. The lowest BCUT2D eigenvalue weighted by Gasteiger charge is -2.22. The van der Waals surface area contributed by atoms with Crippen LogP contribution in [0.2, 0.25) is 0 Å². The molecule has 1 fully saturated rings. The van der Waals surface area contributed by atoms with Gasteiger partial charge >= 0.3 is 0 Å². The SMILES string of the molecule is Cc1cccc(OCCN(C)C(=O)C2(C)CC2(Cl)Cl)c1. The Morgan fingerprint density at radius 1 is 1.45 bits per heavy atom. The van der Waals surface area contributed by atoms with Crippen molar-refractivity contribution in [3.63, 3.8) is 0 Å². The van der Waals surface area contributed by atoms with E-state index in [1.165, 1.54) is 0 Å². The molecular weight excluding hydrogens is 297 g/mol. The first kappa shape index (κ1) is 15.5. The van der Waals surface area contributed by atoms with Crippen LogP contribution >= 0.6 is 23.2 Å². The number of nitrogens with zero attached hydrogens (tertiary/aromatic N) is 1. The van der Waals surface area contributed by atoms with Crippen LogP contribution in [0.1, 0.15) is 18.9 Å². The van der Waals surface area contributed by atoms with Gasteiger partial charge in [0.05, 0.1) is 12.0 Å². The molecule has 1 saturated carbocycles. The Labute approximate surface area is 129 Å². The number of hydrogen-bond donors (Lipinski definition) is 0. The van der Waals surface area contributed by atoms with E-state index in [0.717, 1.165) is 11.3 Å². The van der Waals surface area contributed by atoms with E-state index in [1.54, 1.807) is 18.9 Å². The minimum absolute atomic E-state index is 0.0321. The van der Waals surface area contributed by atoms with Crippen LogP contribution in [0, 0.1) is 12.3 Å². The number of carbonyl (C=O) groups excluding carboxylic acids is 1. The van der Waals surface area contributed by atoms with Gasteiger partial charge in [-0.3, -0.25) is 4.79 Å². The number of amides is 1. The molecule has 1 aliphatic rings. The number of carbonyl (C=O) groups is 1. The van der Waals surface area contributed by atoms with Crippen molar-refractivity contribution in [1.82, 2.24) is 4.90 Å². The summed E-state index contributed by atoms with van der Waals surface area (Å²) in [7, 11) is 1.75. The lowest BCUT2D eigenvalue weighted by Crippen LogP contribution is -2.37. The van der Waals surface area contributed by atoms with Gasteiger partial charge in [0.15, 0.2) is 0 Å². The lowest BCUT2D eigenvalue weighted by molar-refractivity contribution is -0.135. The minimum atomic E-state index is -0.921. The second kappa shape index (κ2) is 5.45. The molecule has 0 aliphatic heterocycles. The zero-order valence-electron chi connectivity index (χ0n) is 12.0. The smallest absolute Gasteiger partial charge is 0.231 e. The molecule has 3 nitrogen and oxygen atoms in total. The van der Waals surface area contributed by atoms with Crippen LogP contribution in [0.3, 0.4) is 0 Å². The van der Waals surface area contributed by atoms with Crippen molar-refractivity contribution in [1.29, 1.82) is 0 Å². The van der Waals surface area contributed by atoms with Gasteiger partial charge in [0.2, 0.25) is 5.91 Å². The molecule has 0 saturated heterocycles. The van der Waals surface area contributed by atoms with Crippen molar-refractivity contribution in [2.45, 2.75) is 24.6 Å². The number of rotatable bonds is 5. The summed E-state index contributed by atoms with van der Waals surface area (Å²) in [5, 5.41) is 0. The molecule has 1 aliphatic carbocycles. The average Bonchev–Trinajstić information content (AvgIpc) is 2.89. The highest BCUT2D eigenvalue weighted by atomic mass is 35.5. The van der Waals surface area contributed by atoms with E-state index in [0.29, 0.717) is 19.6 Å². The van der Waals surface area contributed by atoms with E-state index in [2.05, 4.69) is 0 Å². The number of likely N-dealkylation sites (N-methyl/N-ethyl adjacent to an activating group) is 1. The van der Waals surface area contributed by atoms with Crippen LogP contribution < -0.4 is 4.74 Å². The van der Waals surface area contributed by atoms with E-state index in [9.17, 15) is 4.79 Å². The molecule has 1 amide bonds. The Morgan fingerprint density at radius 3 is 2.65 bits per heavy atom. The monoisotopic (exact) mass is 315 g/mol. The van der Waals surface area contributed by atoms with Gasteiger partial charge < -0.3 is 9.64 Å². The van der Waals surface area contributed by atoms with E-state index < -0.39 is 9.75 Å². The van der Waals surface area contributed by atoms with Crippen LogP contribution in [0.5, 0.6) is 5.75 Å². The summed E-state index contributed by atoms with van der Waals surface area (Å²) < 4.78 is 4.71. The van der Waals surface area contributed by atoms with Crippen molar-refractivity contribution in [3.8, 4) is 5.75 Å². The predicted octanol–water partition coefficient (Wildman–Crippen LogP) is 3.42. The van der Waals surface area contributed by atoms with E-state index in [-0.39, 0.29) is 5.91 Å². The number of benzene rings is 1. The largest absolute Gasteiger partial charge is 0.492 e. The van der Waals surface area contributed by atoms with Gasteiger partial charge in [-0.05, 0) is 38.0 Å². The molecule has 0 radical (unpaired) electrons. The van der Waals surface area contributed by atoms with Crippen LogP contribution in [0.25, 0.3) is 0 Å². The zero-order chi connectivity index (χ0) is 15.0. The van der Waals surface area contributed by atoms with Gasteiger partial charge in [0, 0.05) is 7.05 Å². The Kier molecular flexibility index (Phi) is 4.22. The summed E-state index contributed by atoms with van der Waals surface area (Å²) in [5.74, 6) is 0.780. The highest BCUT2D eigenvalue weighted by molar-refractivity contribution is 6.53. The molecule has 20 heavy (non-hydrogen) atoms. The normalized spacial score (nSPS) is 23.2. The summed E-state index contributed by atoms with van der Waals surface area (Å²) >= 11 is 12.0. The van der Waals surface area contributed by atoms with Crippen LogP contribution in [0.15, 0.2) is 24.3 Å². The van der Waals surface area contributed by atoms with E-state index in [1.807, 2.05) is 31.2 Å². The summed E-state index contributed by atoms with van der Waals surface area (Å²) in [6.07, 6.45) is 0.505. The highest BCUT2D eigenvalue weighted by Gasteiger charge is 2.68. The quantitative estimate of drug-likeness (QED) is 0.779. The molecule has 1 aromatic rings. The molecule has 1 unspecified atom stereocenters. The number of hydrogen-bond acceptors (Lipinski definition) is 2.